The standard InChI is InChI=1S/C16H17F6NO4/c1-4-7-8-9(13(24)26-5-2)11(15(17,18)19)23-12(16(20,21)22)10(8)14(25)27-6-3/h4-7H2,1-3H3. The monoisotopic (exact) mass is 401 g/mol. The summed E-state index contributed by atoms with van der Waals surface area (Å²) in [5.41, 5.74) is -7.26. The van der Waals surface area contributed by atoms with Crippen molar-refractivity contribution >= 4 is 11.9 Å². The van der Waals surface area contributed by atoms with E-state index < -0.39 is 58.8 Å². The molecule has 0 bridgehead atoms. The van der Waals surface area contributed by atoms with E-state index in [-0.39, 0.29) is 19.6 Å². The average Bonchev–Trinajstić information content (AvgIpc) is 2.52. The first-order chi connectivity index (χ1) is 12.4. The maximum atomic E-state index is 13.4. The SMILES string of the molecule is CCCc1c(C(=O)OCC)c(C(F)(F)F)nc(C(F)(F)F)c1C(=O)OCC. The molecule has 5 nitrogen and oxygen atoms in total. The smallest absolute Gasteiger partial charge is 0.434 e. The largest absolute Gasteiger partial charge is 0.462 e. The molecule has 1 heterocycles. The van der Waals surface area contributed by atoms with Crippen LogP contribution in [0.5, 0.6) is 0 Å². The van der Waals surface area contributed by atoms with E-state index in [2.05, 4.69) is 14.5 Å². The third kappa shape index (κ3) is 5.10. The zero-order valence-corrected chi connectivity index (χ0v) is 14.7. The van der Waals surface area contributed by atoms with Gasteiger partial charge in [-0.3, -0.25) is 0 Å². The van der Waals surface area contributed by atoms with E-state index in [4.69, 9.17) is 0 Å². The minimum atomic E-state index is -5.38. The van der Waals surface area contributed by atoms with Gasteiger partial charge in [0, 0.05) is 0 Å². The van der Waals surface area contributed by atoms with E-state index >= 15 is 0 Å². The molecule has 0 spiro atoms. The summed E-state index contributed by atoms with van der Waals surface area (Å²) in [5, 5.41) is 0. The van der Waals surface area contributed by atoms with Crippen LogP contribution in [0.4, 0.5) is 26.3 Å². The Morgan fingerprint density at radius 3 is 1.44 bits per heavy atom. The number of carbonyl (C=O) groups is 2. The number of halogens is 6. The number of pyridine rings is 1. The number of esters is 2. The summed E-state index contributed by atoms with van der Waals surface area (Å²) in [6.45, 7) is 3.45. The first-order valence-corrected chi connectivity index (χ1v) is 7.95. The number of ether oxygens (including phenoxy) is 2. The van der Waals surface area contributed by atoms with Crippen molar-refractivity contribution in [2.75, 3.05) is 13.2 Å². The van der Waals surface area contributed by atoms with E-state index in [0.717, 1.165) is 0 Å². The molecule has 11 heteroatoms. The van der Waals surface area contributed by atoms with Crippen LogP contribution in [0.25, 0.3) is 0 Å². The lowest BCUT2D eigenvalue weighted by atomic mass is 9.93. The van der Waals surface area contributed by atoms with Crippen molar-refractivity contribution in [2.45, 2.75) is 46.0 Å². The minimum absolute atomic E-state index is 0.0530. The highest BCUT2D eigenvalue weighted by molar-refractivity contribution is 5.99. The Kier molecular flexibility index (Phi) is 7.21. The maximum absolute atomic E-state index is 13.4. The van der Waals surface area contributed by atoms with Crippen LogP contribution in [0.2, 0.25) is 0 Å². The average molecular weight is 401 g/mol. The molecule has 1 rings (SSSR count). The van der Waals surface area contributed by atoms with Crippen LogP contribution < -0.4 is 0 Å². The number of hydrogen-bond donors (Lipinski definition) is 0. The molecule has 0 aliphatic carbocycles. The molecule has 0 unspecified atom stereocenters. The molecule has 0 radical (unpaired) electrons. The molecule has 1 aromatic heterocycles. The van der Waals surface area contributed by atoms with Gasteiger partial charge in [-0.15, -0.1) is 0 Å². The van der Waals surface area contributed by atoms with Gasteiger partial charge in [0.25, 0.3) is 0 Å². The Morgan fingerprint density at radius 2 is 1.19 bits per heavy atom. The van der Waals surface area contributed by atoms with Crippen LogP contribution in [0.3, 0.4) is 0 Å². The van der Waals surface area contributed by atoms with Crippen LogP contribution in [0.15, 0.2) is 0 Å². The van der Waals surface area contributed by atoms with E-state index in [0.29, 0.717) is 0 Å². The molecular weight excluding hydrogens is 384 g/mol. The summed E-state index contributed by atoms with van der Waals surface area (Å²) >= 11 is 0. The summed E-state index contributed by atoms with van der Waals surface area (Å²) in [4.78, 5) is 26.8. The molecule has 0 saturated carbocycles. The zero-order chi connectivity index (χ0) is 21.0. The van der Waals surface area contributed by atoms with Crippen molar-refractivity contribution in [1.29, 1.82) is 0 Å². The van der Waals surface area contributed by atoms with Gasteiger partial charge in [0.1, 0.15) is 0 Å². The second-order valence-corrected chi connectivity index (χ2v) is 5.22. The van der Waals surface area contributed by atoms with Gasteiger partial charge in [-0.25, -0.2) is 14.6 Å². The Labute approximate surface area is 150 Å². The molecule has 0 aromatic carbocycles. The fraction of sp³-hybridized carbons (Fsp3) is 0.562. The van der Waals surface area contributed by atoms with Crippen LogP contribution in [0, 0.1) is 0 Å². The van der Waals surface area contributed by atoms with Crippen LogP contribution >= 0.6 is 0 Å². The van der Waals surface area contributed by atoms with Gasteiger partial charge in [-0.2, -0.15) is 26.3 Å². The number of alkyl halides is 6. The van der Waals surface area contributed by atoms with Gasteiger partial charge in [0.05, 0.1) is 24.3 Å². The Hall–Kier alpha value is -2.33. The Morgan fingerprint density at radius 1 is 0.815 bits per heavy atom. The zero-order valence-electron chi connectivity index (χ0n) is 14.7. The molecule has 27 heavy (non-hydrogen) atoms. The lowest BCUT2D eigenvalue weighted by Crippen LogP contribution is -2.28. The number of hydrogen-bond acceptors (Lipinski definition) is 5. The molecule has 0 saturated heterocycles. The van der Waals surface area contributed by atoms with Gasteiger partial charge in [0.2, 0.25) is 0 Å². The van der Waals surface area contributed by atoms with Crippen LogP contribution in [-0.4, -0.2) is 30.1 Å². The van der Waals surface area contributed by atoms with Gasteiger partial charge in [-0.05, 0) is 25.8 Å². The molecule has 0 N–H and O–H groups in total. The maximum Gasteiger partial charge on any atom is 0.434 e. The van der Waals surface area contributed by atoms with Gasteiger partial charge in [-0.1, -0.05) is 13.3 Å². The van der Waals surface area contributed by atoms with E-state index in [1.807, 2.05) is 0 Å². The highest BCUT2D eigenvalue weighted by Gasteiger charge is 2.47. The van der Waals surface area contributed by atoms with Gasteiger partial charge < -0.3 is 9.47 Å². The Bertz CT molecular complexity index is 658. The molecule has 1 aromatic rings. The first-order valence-electron chi connectivity index (χ1n) is 7.95. The van der Waals surface area contributed by atoms with Crippen molar-refractivity contribution in [1.82, 2.24) is 4.98 Å². The number of carbonyl (C=O) groups excluding carboxylic acids is 2. The fourth-order valence-electron chi connectivity index (χ4n) is 2.39. The minimum Gasteiger partial charge on any atom is -0.462 e. The second kappa shape index (κ2) is 8.57. The summed E-state index contributed by atoms with van der Waals surface area (Å²) in [6, 6.07) is 0. The summed E-state index contributed by atoms with van der Waals surface area (Å²) < 4.78 is 89.3. The predicted molar refractivity (Wildman–Crippen MR) is 80.1 cm³/mol. The van der Waals surface area contributed by atoms with Crippen molar-refractivity contribution in [2.24, 2.45) is 0 Å². The summed E-state index contributed by atoms with van der Waals surface area (Å²) in [5.74, 6) is -3.03. The molecule has 0 atom stereocenters. The van der Waals surface area contributed by atoms with Crippen molar-refractivity contribution in [3.05, 3.63) is 28.1 Å². The Balaban J connectivity index is 4.06. The second-order valence-electron chi connectivity index (χ2n) is 5.22. The van der Waals surface area contributed by atoms with Crippen LogP contribution in [0.1, 0.15) is 64.9 Å². The van der Waals surface area contributed by atoms with Gasteiger partial charge >= 0.3 is 24.3 Å². The lowest BCUT2D eigenvalue weighted by molar-refractivity contribution is -0.151. The number of nitrogens with zero attached hydrogens (tertiary/aromatic N) is 1. The lowest BCUT2D eigenvalue weighted by Gasteiger charge is -2.21. The van der Waals surface area contributed by atoms with Crippen molar-refractivity contribution in [3.8, 4) is 0 Å². The quantitative estimate of drug-likeness (QED) is 0.521. The first kappa shape index (κ1) is 22.7. The normalized spacial score (nSPS) is 12.0. The third-order valence-corrected chi connectivity index (χ3v) is 3.30. The fourth-order valence-corrected chi connectivity index (χ4v) is 2.39. The molecular formula is C16H17F6NO4. The molecule has 0 aliphatic heterocycles. The highest BCUT2D eigenvalue weighted by atomic mass is 19.4. The number of rotatable bonds is 6. The molecule has 0 amide bonds. The van der Waals surface area contributed by atoms with Crippen LogP contribution in [-0.2, 0) is 28.2 Å². The topological polar surface area (TPSA) is 65.5 Å². The summed E-state index contributed by atoms with van der Waals surface area (Å²) in [7, 11) is 0. The number of aromatic nitrogens is 1. The predicted octanol–water partition coefficient (Wildman–Crippen LogP) is 4.43. The highest BCUT2D eigenvalue weighted by Crippen LogP contribution is 2.40. The molecule has 0 aliphatic rings. The van der Waals surface area contributed by atoms with Crippen molar-refractivity contribution in [3.63, 3.8) is 0 Å². The summed E-state index contributed by atoms with van der Waals surface area (Å²) in [6.07, 6.45) is -11.1. The molecule has 152 valence electrons. The molecule has 0 fully saturated rings. The van der Waals surface area contributed by atoms with Crippen molar-refractivity contribution < 1.29 is 45.4 Å². The van der Waals surface area contributed by atoms with E-state index in [9.17, 15) is 35.9 Å². The van der Waals surface area contributed by atoms with Gasteiger partial charge in [0.15, 0.2) is 11.4 Å². The van der Waals surface area contributed by atoms with E-state index in [1.165, 1.54) is 20.8 Å². The third-order valence-electron chi connectivity index (χ3n) is 3.30. The van der Waals surface area contributed by atoms with E-state index in [1.54, 1.807) is 0 Å².